The molecular weight excluding hydrogens is 1320 g/mol. The van der Waals surface area contributed by atoms with E-state index in [1.54, 1.807) is 6.08 Å². The maximum Gasteiger partial charge on any atom is 0.472 e. The van der Waals surface area contributed by atoms with Gasteiger partial charge in [0.05, 0.1) is 13.2 Å². The van der Waals surface area contributed by atoms with Gasteiger partial charge in [-0.15, -0.1) is 0 Å². The van der Waals surface area contributed by atoms with Crippen LogP contribution in [0.15, 0.2) is 24.3 Å². The van der Waals surface area contributed by atoms with Gasteiger partial charge >= 0.3 is 25.7 Å². The van der Waals surface area contributed by atoms with Crippen molar-refractivity contribution in [3.05, 3.63) is 24.3 Å². The first kappa shape index (κ1) is 91.6. The number of carbonyl (C=O) groups is 3. The van der Waals surface area contributed by atoms with E-state index in [-0.39, 0.29) is 12.8 Å². The summed E-state index contributed by atoms with van der Waals surface area (Å²) in [6.07, 6.45) is 18.7. The molecule has 3 fully saturated rings. The summed E-state index contributed by atoms with van der Waals surface area (Å²) in [7, 11) is -5.72. The Morgan fingerprint density at radius 2 is 0.760 bits per heavy atom. The fourth-order valence-electron chi connectivity index (χ4n) is 13.0. The lowest BCUT2D eigenvalue weighted by Gasteiger charge is -2.49. The van der Waals surface area contributed by atoms with Crippen molar-refractivity contribution in [2.24, 2.45) is 0 Å². The molecule has 3 rings (SSSR count). The van der Waals surface area contributed by atoms with Gasteiger partial charge in [0.25, 0.3) is 0 Å². The van der Waals surface area contributed by atoms with Gasteiger partial charge in [0.2, 0.25) is 0 Å². The average molecular weight is 1450 g/mol. The molecule has 3 aliphatic rings. The molecule has 0 aromatic rings. The summed E-state index contributed by atoms with van der Waals surface area (Å²) >= 11 is 0. The van der Waals surface area contributed by atoms with Crippen LogP contribution in [0.3, 0.4) is 0 Å². The first-order valence-corrected chi connectivity index (χ1v) is 40.7. The average Bonchev–Trinajstić information content (AvgIpc) is 0.761. The Kier molecular flexibility index (Phi) is 52.0. The summed E-state index contributed by atoms with van der Waals surface area (Å²) in [5.74, 6) is -2.23. The SMILES string of the molecule is CCCCCCCCCCCCC/C=C/C=C/C(=O)OC(COC(=O)CCCCCCCCCCCCCCCCC)COP(=O)(O)OC1C(OC2OC(CO)C(O)C(O)C2O)C(O)C(O)C(O)C1OC1OC(COC(=O)CCCCCCCCCCCCCCCCC)C(O)C(O)C1O. The Bertz CT molecular complexity index is 2160. The van der Waals surface area contributed by atoms with Crippen LogP contribution in [0, 0.1) is 0 Å². The third kappa shape index (κ3) is 39.2. The highest BCUT2D eigenvalue weighted by Crippen LogP contribution is 2.49. The van der Waals surface area contributed by atoms with Crippen LogP contribution in [0.25, 0.3) is 0 Å². The summed E-state index contributed by atoms with van der Waals surface area (Å²) in [5.41, 5.74) is 0. The third-order valence-electron chi connectivity index (χ3n) is 19.3. The Hall–Kier alpha value is -2.56. The van der Waals surface area contributed by atoms with Gasteiger partial charge in [-0.2, -0.15) is 0 Å². The number of carbonyl (C=O) groups excluding carboxylic acids is 3. The molecule has 1 aliphatic carbocycles. The quantitative estimate of drug-likeness (QED) is 0.00673. The Morgan fingerprint density at radius 1 is 0.410 bits per heavy atom. The van der Waals surface area contributed by atoms with Crippen LogP contribution in [0.5, 0.6) is 0 Å². The summed E-state index contributed by atoms with van der Waals surface area (Å²) < 4.78 is 64.9. The molecule has 100 heavy (non-hydrogen) atoms. The Balaban J connectivity index is 1.73. The highest BCUT2D eigenvalue weighted by molar-refractivity contribution is 7.47. The Morgan fingerprint density at radius 3 is 1.16 bits per heavy atom. The molecule has 11 N–H and O–H groups in total. The van der Waals surface area contributed by atoms with Crippen LogP contribution in [0.1, 0.15) is 303 Å². The number of phosphoric ester groups is 1. The van der Waals surface area contributed by atoms with Crippen molar-refractivity contribution in [2.45, 2.75) is 407 Å². The molecule has 2 aliphatic heterocycles. The third-order valence-corrected chi connectivity index (χ3v) is 20.3. The molecule has 0 aromatic carbocycles. The van der Waals surface area contributed by atoms with E-state index in [0.29, 0.717) is 12.8 Å². The second kappa shape index (κ2) is 56.7. The minimum absolute atomic E-state index is 0.0287. The number of hydrogen-bond acceptors (Lipinski definition) is 23. The smallest absolute Gasteiger partial charge is 0.463 e. The monoisotopic (exact) mass is 1450 g/mol. The van der Waals surface area contributed by atoms with Gasteiger partial charge in [0, 0.05) is 18.9 Å². The molecule has 18 unspecified atom stereocenters. The van der Waals surface area contributed by atoms with Crippen molar-refractivity contribution in [1.82, 2.24) is 0 Å². The van der Waals surface area contributed by atoms with E-state index < -0.39 is 156 Å². The number of esters is 3. The van der Waals surface area contributed by atoms with Crippen LogP contribution >= 0.6 is 7.82 Å². The second-order valence-corrected chi connectivity index (χ2v) is 29.6. The lowest BCUT2D eigenvalue weighted by molar-refractivity contribution is -0.360. The van der Waals surface area contributed by atoms with Gasteiger partial charge < -0.3 is 89.1 Å². The highest BCUT2D eigenvalue weighted by atomic mass is 31.2. The van der Waals surface area contributed by atoms with Crippen LogP contribution in [0.4, 0.5) is 0 Å². The molecule has 2 saturated heterocycles. The number of rotatable bonds is 61. The zero-order valence-corrected chi connectivity index (χ0v) is 62.1. The van der Waals surface area contributed by atoms with Gasteiger partial charge in [0.15, 0.2) is 18.7 Å². The van der Waals surface area contributed by atoms with Crippen molar-refractivity contribution in [2.75, 3.05) is 26.4 Å². The number of allylic oxidation sites excluding steroid dienone is 3. The van der Waals surface area contributed by atoms with E-state index in [2.05, 4.69) is 20.8 Å². The van der Waals surface area contributed by atoms with E-state index in [1.165, 1.54) is 173 Å². The van der Waals surface area contributed by atoms with Crippen molar-refractivity contribution < 1.29 is 117 Å². The van der Waals surface area contributed by atoms with E-state index in [4.69, 9.17) is 42.2 Å². The zero-order chi connectivity index (χ0) is 73.2. The first-order chi connectivity index (χ1) is 48.3. The number of aliphatic hydroxyl groups is 10. The predicted molar refractivity (Wildman–Crippen MR) is 379 cm³/mol. The van der Waals surface area contributed by atoms with Gasteiger partial charge in [-0.3, -0.25) is 18.6 Å². The highest BCUT2D eigenvalue weighted by Gasteiger charge is 2.58. The van der Waals surface area contributed by atoms with Gasteiger partial charge in [-0.05, 0) is 25.7 Å². The number of unbranched alkanes of at least 4 members (excludes halogenated alkanes) is 39. The molecule has 1 saturated carbocycles. The van der Waals surface area contributed by atoms with E-state index in [1.807, 2.05) is 6.08 Å². The van der Waals surface area contributed by atoms with E-state index in [9.17, 15) is 74.9 Å². The Labute approximate surface area is 598 Å². The van der Waals surface area contributed by atoms with Crippen molar-refractivity contribution >= 4 is 25.7 Å². The van der Waals surface area contributed by atoms with E-state index in [0.717, 1.165) is 96.0 Å². The standard InChI is InChI=1S/C75H137O24P/c1-4-7-10-13-16-19-22-25-28-31-34-37-40-43-46-49-59(77)91-53-56(94-61(79)51-48-45-42-39-36-33-30-27-24-21-18-15-12-9-6-3)54-93-100(89,90)99-73-71(97-74-69(87)64(82)62(80)57(52-76)95-74)67(85)66(84)68(86)72(73)98-75-70(88)65(83)63(81)58(96-75)55-92-60(78)50-47-44-41-38-35-32-29-26-23-20-17-14-11-8-5-2/h42,45,48,51,56-58,62-76,80-88H,4-41,43-44,46-47,49-50,52-55H2,1-3H3,(H,89,90)/b45-42+,51-48+. The molecule has 18 atom stereocenters. The molecule has 0 radical (unpaired) electrons. The molecular formula is C75H137O24P. The minimum Gasteiger partial charge on any atom is -0.463 e. The van der Waals surface area contributed by atoms with Crippen molar-refractivity contribution in [3.63, 3.8) is 0 Å². The number of ether oxygens (including phenoxy) is 7. The lowest BCUT2D eigenvalue weighted by atomic mass is 9.84. The molecule has 0 amide bonds. The van der Waals surface area contributed by atoms with E-state index >= 15 is 0 Å². The maximum atomic E-state index is 14.3. The molecule has 0 aromatic heterocycles. The predicted octanol–water partition coefficient (Wildman–Crippen LogP) is 11.3. The molecule has 2 heterocycles. The van der Waals surface area contributed by atoms with Crippen LogP contribution < -0.4 is 0 Å². The first-order valence-electron chi connectivity index (χ1n) is 39.2. The summed E-state index contributed by atoms with van der Waals surface area (Å²) in [4.78, 5) is 50.9. The second-order valence-electron chi connectivity index (χ2n) is 28.2. The molecule has 586 valence electrons. The topological polar surface area (TPSA) is 374 Å². The van der Waals surface area contributed by atoms with Crippen LogP contribution in [0.2, 0.25) is 0 Å². The minimum atomic E-state index is -5.72. The number of hydrogen-bond donors (Lipinski definition) is 11. The fourth-order valence-corrected chi connectivity index (χ4v) is 13.9. The molecule has 0 bridgehead atoms. The number of phosphoric acid groups is 1. The van der Waals surface area contributed by atoms with Crippen molar-refractivity contribution in [1.29, 1.82) is 0 Å². The summed E-state index contributed by atoms with van der Waals surface area (Å²) in [5, 5.41) is 110. The largest absolute Gasteiger partial charge is 0.472 e. The summed E-state index contributed by atoms with van der Waals surface area (Å²) in [6, 6.07) is 0. The number of aliphatic hydroxyl groups excluding tert-OH is 10. The normalized spacial score (nSPS) is 27.4. The molecule has 0 spiro atoms. The van der Waals surface area contributed by atoms with Crippen molar-refractivity contribution in [3.8, 4) is 0 Å². The van der Waals surface area contributed by atoms with Gasteiger partial charge in [-0.1, -0.05) is 283 Å². The summed E-state index contributed by atoms with van der Waals surface area (Å²) in [6.45, 7) is 3.37. The molecule has 25 heteroatoms. The molecule has 24 nitrogen and oxygen atoms in total. The fraction of sp³-hybridized carbons (Fsp3) is 0.907. The van der Waals surface area contributed by atoms with Crippen LogP contribution in [-0.2, 0) is 61.2 Å². The zero-order valence-electron chi connectivity index (χ0n) is 61.2. The maximum absolute atomic E-state index is 14.3. The lowest BCUT2D eigenvalue weighted by Crippen LogP contribution is -2.69. The van der Waals surface area contributed by atoms with Gasteiger partial charge in [0.1, 0.15) is 98.7 Å². The van der Waals surface area contributed by atoms with Gasteiger partial charge in [-0.25, -0.2) is 9.36 Å². The van der Waals surface area contributed by atoms with Crippen LogP contribution in [-0.4, -0.2) is 204 Å².